The van der Waals surface area contributed by atoms with Crippen LogP contribution in [0.2, 0.25) is 0 Å². The van der Waals surface area contributed by atoms with Crippen LogP contribution in [0.3, 0.4) is 0 Å². The Labute approximate surface area is 220 Å². The van der Waals surface area contributed by atoms with Crippen LogP contribution in [0.15, 0.2) is 23.3 Å². The maximum Gasteiger partial charge on any atom is 0.312 e. The van der Waals surface area contributed by atoms with Gasteiger partial charge >= 0.3 is 5.97 Å². The van der Waals surface area contributed by atoms with Crippen molar-refractivity contribution in [3.8, 4) is 6.07 Å². The van der Waals surface area contributed by atoms with Crippen molar-refractivity contribution in [3.63, 3.8) is 0 Å². The second kappa shape index (κ2) is 7.65. The van der Waals surface area contributed by atoms with Gasteiger partial charge in [-0.15, -0.1) is 0 Å². The van der Waals surface area contributed by atoms with Crippen molar-refractivity contribution < 1.29 is 24.2 Å². The number of allylic oxidation sites excluding steroid dienone is 3. The lowest BCUT2D eigenvalue weighted by Gasteiger charge is -2.68. The first-order valence-electron chi connectivity index (χ1n) is 13.8. The minimum absolute atomic E-state index is 0.0299. The molecule has 5 aliphatic carbocycles. The molecule has 0 bridgehead atoms. The third-order valence-electron chi connectivity index (χ3n) is 12.1. The van der Waals surface area contributed by atoms with E-state index in [1.165, 1.54) is 14.0 Å². The highest BCUT2D eigenvalue weighted by atomic mass is 16.5. The van der Waals surface area contributed by atoms with Crippen molar-refractivity contribution in [1.29, 1.82) is 5.26 Å². The van der Waals surface area contributed by atoms with E-state index in [0.29, 0.717) is 12.8 Å². The highest BCUT2D eigenvalue weighted by molar-refractivity contribution is 6.06. The summed E-state index contributed by atoms with van der Waals surface area (Å²) >= 11 is 0. The number of fused-ring (bicyclic) bond motifs is 7. The second-order valence-corrected chi connectivity index (χ2v) is 14.3. The molecule has 0 aliphatic heterocycles. The number of hydrogen-bond donors (Lipinski definition) is 1. The number of Topliss-reactive ketones (excluding diaryl/α,β-unsaturated/α-hetero) is 1. The van der Waals surface area contributed by atoms with E-state index in [1.54, 1.807) is 12.2 Å². The molecule has 3 fully saturated rings. The van der Waals surface area contributed by atoms with Gasteiger partial charge in [-0.25, -0.2) is 0 Å². The Kier molecular flexibility index (Phi) is 5.45. The molecular formula is C31H41NO5. The van der Waals surface area contributed by atoms with E-state index in [9.17, 15) is 24.8 Å². The SMILES string of the molecule is COC(=O)[C@]12CCC(C)(C)CC1C1C(=O)C=C3[C@@]4(C)C=C(C#N)C(=O)[C@@](C)(O)[C@@H]4CC[C@@]3(C)[C@]1(C)CC2. The summed E-state index contributed by atoms with van der Waals surface area (Å²) in [6.45, 7) is 12.5. The molecule has 5 aliphatic rings. The highest BCUT2D eigenvalue weighted by Gasteiger charge is 2.71. The van der Waals surface area contributed by atoms with Crippen LogP contribution >= 0.6 is 0 Å². The summed E-state index contributed by atoms with van der Waals surface area (Å²) in [6, 6.07) is 2.01. The molecule has 6 heteroatoms. The zero-order valence-corrected chi connectivity index (χ0v) is 23.4. The standard InChI is InChI=1S/C31H41NO5/c1-26(2)10-12-31(25(35)37-7)13-11-29(5)23(19(31)16-26)20(33)14-22-27(3)15-18(17-32)24(34)30(6,36)21(27)8-9-28(22,29)4/h14-15,19,21,23,36H,8-13,16H2,1-7H3/t19?,21-,23?,27+,28-,29-,30+,31+/m1/s1. The zero-order chi connectivity index (χ0) is 27.4. The van der Waals surface area contributed by atoms with Crippen LogP contribution in [-0.2, 0) is 19.1 Å². The minimum Gasteiger partial charge on any atom is -0.469 e. The molecule has 0 aromatic rings. The highest BCUT2D eigenvalue weighted by Crippen LogP contribution is 2.74. The summed E-state index contributed by atoms with van der Waals surface area (Å²) in [4.78, 5) is 40.6. The first kappa shape index (κ1) is 26.4. The van der Waals surface area contributed by atoms with Crippen molar-refractivity contribution in [2.45, 2.75) is 92.1 Å². The average molecular weight is 508 g/mol. The zero-order valence-electron chi connectivity index (χ0n) is 23.4. The lowest BCUT2D eigenvalue weighted by atomic mass is 9.34. The topological polar surface area (TPSA) is 104 Å². The van der Waals surface area contributed by atoms with Crippen molar-refractivity contribution in [2.24, 2.45) is 44.8 Å². The maximum absolute atomic E-state index is 14.3. The second-order valence-electron chi connectivity index (χ2n) is 14.3. The molecule has 0 aromatic carbocycles. The number of aliphatic hydroxyl groups is 1. The Balaban J connectivity index is 1.71. The van der Waals surface area contributed by atoms with Gasteiger partial charge in [0.2, 0.25) is 5.78 Å². The molecule has 6 nitrogen and oxygen atoms in total. The van der Waals surface area contributed by atoms with Gasteiger partial charge in [-0.05, 0) is 80.1 Å². The number of rotatable bonds is 1. The number of carbonyl (C=O) groups excluding carboxylic acids is 3. The van der Waals surface area contributed by atoms with Crippen LogP contribution in [0.25, 0.3) is 0 Å². The number of ether oxygens (including phenoxy) is 1. The molecule has 8 atom stereocenters. The molecule has 0 heterocycles. The van der Waals surface area contributed by atoms with Gasteiger partial charge in [-0.1, -0.05) is 46.3 Å². The molecule has 1 N–H and O–H groups in total. The van der Waals surface area contributed by atoms with Crippen molar-refractivity contribution in [2.75, 3.05) is 7.11 Å². The van der Waals surface area contributed by atoms with E-state index in [1.807, 2.05) is 13.0 Å². The summed E-state index contributed by atoms with van der Waals surface area (Å²) in [5.74, 6) is -1.49. The van der Waals surface area contributed by atoms with Gasteiger partial charge in [0.15, 0.2) is 5.78 Å². The fraction of sp³-hybridized carbons (Fsp3) is 0.742. The Hall–Kier alpha value is -2.26. The molecule has 3 saturated carbocycles. The van der Waals surface area contributed by atoms with Crippen LogP contribution in [-0.4, -0.2) is 35.4 Å². The van der Waals surface area contributed by atoms with E-state index in [4.69, 9.17) is 4.74 Å². The van der Waals surface area contributed by atoms with Crippen LogP contribution in [0.5, 0.6) is 0 Å². The number of hydrogen-bond acceptors (Lipinski definition) is 6. The van der Waals surface area contributed by atoms with Crippen molar-refractivity contribution in [3.05, 3.63) is 23.3 Å². The van der Waals surface area contributed by atoms with E-state index < -0.39 is 33.5 Å². The normalized spacial score (nSPS) is 48.2. The molecule has 0 saturated heterocycles. The third kappa shape index (κ3) is 3.10. The van der Waals surface area contributed by atoms with E-state index in [2.05, 4.69) is 27.7 Å². The molecular weight excluding hydrogens is 466 g/mol. The van der Waals surface area contributed by atoms with Crippen molar-refractivity contribution >= 4 is 17.5 Å². The molecule has 37 heavy (non-hydrogen) atoms. The van der Waals surface area contributed by atoms with Gasteiger partial charge in [0.05, 0.1) is 18.1 Å². The van der Waals surface area contributed by atoms with Crippen molar-refractivity contribution in [1.82, 2.24) is 0 Å². The minimum atomic E-state index is -1.67. The number of nitrogens with zero attached hydrogens (tertiary/aromatic N) is 1. The largest absolute Gasteiger partial charge is 0.469 e. The Morgan fingerprint density at radius 2 is 1.70 bits per heavy atom. The maximum atomic E-state index is 14.3. The average Bonchev–Trinajstić information content (AvgIpc) is 2.82. The predicted molar refractivity (Wildman–Crippen MR) is 138 cm³/mol. The number of carbonyl (C=O) groups is 3. The molecule has 5 rings (SSSR count). The molecule has 0 spiro atoms. The number of methoxy groups -OCH3 is 1. The van der Waals surface area contributed by atoms with Gasteiger partial charge in [0.1, 0.15) is 11.7 Å². The Bertz CT molecular complexity index is 1200. The lowest BCUT2D eigenvalue weighted by Crippen LogP contribution is -2.66. The first-order chi connectivity index (χ1) is 17.0. The summed E-state index contributed by atoms with van der Waals surface area (Å²) in [6.07, 6.45) is 8.76. The van der Waals surface area contributed by atoms with Gasteiger partial charge < -0.3 is 9.84 Å². The quantitative estimate of drug-likeness (QED) is 0.495. The van der Waals surface area contributed by atoms with Crippen LogP contribution in [0, 0.1) is 56.2 Å². The summed E-state index contributed by atoms with van der Waals surface area (Å²) in [5.41, 5.74) is -2.94. The smallest absolute Gasteiger partial charge is 0.312 e. The van der Waals surface area contributed by atoms with Gasteiger partial charge in [-0.3, -0.25) is 14.4 Å². The number of esters is 1. The molecule has 0 radical (unpaired) electrons. The predicted octanol–water partition coefficient (Wildman–Crippen LogP) is 5.10. The fourth-order valence-corrected chi connectivity index (χ4v) is 9.87. The van der Waals surface area contributed by atoms with Crippen LogP contribution in [0.4, 0.5) is 0 Å². The van der Waals surface area contributed by atoms with Gasteiger partial charge in [-0.2, -0.15) is 5.26 Å². The number of ketones is 2. The van der Waals surface area contributed by atoms with E-state index in [0.717, 1.165) is 37.7 Å². The van der Waals surface area contributed by atoms with Crippen LogP contribution < -0.4 is 0 Å². The van der Waals surface area contributed by atoms with Gasteiger partial charge in [0, 0.05) is 17.3 Å². The molecule has 0 amide bonds. The monoisotopic (exact) mass is 507 g/mol. The van der Waals surface area contributed by atoms with E-state index in [-0.39, 0.29) is 40.0 Å². The lowest BCUT2D eigenvalue weighted by molar-refractivity contribution is -0.192. The molecule has 2 unspecified atom stereocenters. The number of nitriles is 1. The van der Waals surface area contributed by atoms with Gasteiger partial charge in [0.25, 0.3) is 0 Å². The Morgan fingerprint density at radius 1 is 1.05 bits per heavy atom. The third-order valence-corrected chi connectivity index (χ3v) is 12.1. The summed E-state index contributed by atoms with van der Waals surface area (Å²) in [7, 11) is 1.46. The molecule has 200 valence electrons. The Morgan fingerprint density at radius 3 is 2.32 bits per heavy atom. The van der Waals surface area contributed by atoms with Crippen LogP contribution in [0.1, 0.15) is 86.5 Å². The van der Waals surface area contributed by atoms with E-state index >= 15 is 0 Å². The summed E-state index contributed by atoms with van der Waals surface area (Å²) < 4.78 is 5.38. The fourth-order valence-electron chi connectivity index (χ4n) is 9.87. The summed E-state index contributed by atoms with van der Waals surface area (Å²) in [5, 5.41) is 21.1. The first-order valence-corrected chi connectivity index (χ1v) is 13.8. The molecule has 0 aromatic heterocycles.